The summed E-state index contributed by atoms with van der Waals surface area (Å²) in [7, 11) is -3.85. The molecule has 1 atom stereocenters. The molecule has 0 radical (unpaired) electrons. The molecule has 1 heterocycles. The molecule has 1 amide bonds. The second kappa shape index (κ2) is 12.3. The average Bonchev–Trinajstić information content (AvgIpc) is 2.84. The number of amides is 1. The lowest BCUT2D eigenvalue weighted by molar-refractivity contribution is -0.174. The normalized spacial score (nSPS) is 15.8. The molecular formula is C25H32F3N3O6S. The molecule has 13 heteroatoms. The van der Waals surface area contributed by atoms with Crippen LogP contribution in [0.15, 0.2) is 48.5 Å². The van der Waals surface area contributed by atoms with Gasteiger partial charge in [0.15, 0.2) is 0 Å². The van der Waals surface area contributed by atoms with Crippen LogP contribution in [-0.2, 0) is 25.7 Å². The standard InChI is InChI=1S/C25H32F3N3O6S/c1-18(2)16-30(33)24(32)23(29-12-14-36-15-13-29)17-31(38(3,34)35)20-6-10-22(11-7-20)37-21-8-4-19(5-9-21)25(26,27)28/h4-11,18,23,33H,12-17H2,1-3H3/t23-/m0/s1. The van der Waals surface area contributed by atoms with Crippen molar-refractivity contribution in [2.24, 2.45) is 5.92 Å². The maximum atomic E-state index is 13.2. The van der Waals surface area contributed by atoms with E-state index >= 15 is 0 Å². The number of benzene rings is 2. The number of anilines is 1. The number of hydrogen-bond acceptors (Lipinski definition) is 7. The summed E-state index contributed by atoms with van der Waals surface area (Å²) in [5.74, 6) is -0.160. The Hall–Kier alpha value is -2.87. The van der Waals surface area contributed by atoms with E-state index in [9.17, 15) is 31.6 Å². The fourth-order valence-electron chi connectivity index (χ4n) is 3.96. The van der Waals surface area contributed by atoms with Gasteiger partial charge in [0.2, 0.25) is 10.0 Å². The Labute approximate surface area is 220 Å². The summed E-state index contributed by atoms with van der Waals surface area (Å²) in [5.41, 5.74) is -0.546. The van der Waals surface area contributed by atoms with Gasteiger partial charge in [-0.15, -0.1) is 0 Å². The van der Waals surface area contributed by atoms with Gasteiger partial charge in [-0.3, -0.25) is 19.2 Å². The van der Waals surface area contributed by atoms with E-state index < -0.39 is 33.7 Å². The molecule has 210 valence electrons. The van der Waals surface area contributed by atoms with Crippen molar-refractivity contribution < 1.29 is 41.1 Å². The van der Waals surface area contributed by atoms with Crippen molar-refractivity contribution in [2.45, 2.75) is 26.1 Å². The molecule has 0 spiro atoms. The molecule has 9 nitrogen and oxygen atoms in total. The van der Waals surface area contributed by atoms with Crippen LogP contribution < -0.4 is 9.04 Å². The third-order valence-corrected chi connectivity index (χ3v) is 7.01. The van der Waals surface area contributed by atoms with Gasteiger partial charge in [0, 0.05) is 13.1 Å². The van der Waals surface area contributed by atoms with E-state index in [0.717, 1.165) is 22.7 Å². The average molecular weight is 560 g/mol. The van der Waals surface area contributed by atoms with E-state index in [2.05, 4.69) is 0 Å². The van der Waals surface area contributed by atoms with Crippen LogP contribution in [0, 0.1) is 5.92 Å². The zero-order chi connectivity index (χ0) is 28.1. The van der Waals surface area contributed by atoms with E-state index in [4.69, 9.17) is 9.47 Å². The monoisotopic (exact) mass is 559 g/mol. The number of ether oxygens (including phenoxy) is 2. The molecule has 3 rings (SSSR count). The summed E-state index contributed by atoms with van der Waals surface area (Å²) in [6.07, 6.45) is -3.44. The molecular weight excluding hydrogens is 527 g/mol. The van der Waals surface area contributed by atoms with Crippen LogP contribution in [0.2, 0.25) is 0 Å². The zero-order valence-electron chi connectivity index (χ0n) is 21.4. The van der Waals surface area contributed by atoms with E-state index in [1.165, 1.54) is 36.4 Å². The molecule has 0 saturated carbocycles. The lowest BCUT2D eigenvalue weighted by Crippen LogP contribution is -2.57. The molecule has 0 aromatic heterocycles. The number of alkyl halides is 3. The maximum Gasteiger partial charge on any atom is 0.416 e. The van der Waals surface area contributed by atoms with Gasteiger partial charge in [0.05, 0.1) is 43.8 Å². The number of morpholine rings is 1. The number of rotatable bonds is 10. The highest BCUT2D eigenvalue weighted by atomic mass is 32.2. The summed E-state index contributed by atoms with van der Waals surface area (Å²) in [6, 6.07) is 9.15. The number of carbonyl (C=O) groups is 1. The van der Waals surface area contributed by atoms with Crippen molar-refractivity contribution in [1.82, 2.24) is 9.96 Å². The minimum Gasteiger partial charge on any atom is -0.457 e. The predicted molar refractivity (Wildman–Crippen MR) is 135 cm³/mol. The maximum absolute atomic E-state index is 13.2. The first-order valence-corrected chi connectivity index (χ1v) is 13.9. The number of nitrogens with zero attached hydrogens (tertiary/aromatic N) is 3. The highest BCUT2D eigenvalue weighted by molar-refractivity contribution is 7.92. The smallest absolute Gasteiger partial charge is 0.416 e. The van der Waals surface area contributed by atoms with Gasteiger partial charge >= 0.3 is 6.18 Å². The van der Waals surface area contributed by atoms with E-state index in [1.54, 1.807) is 4.90 Å². The Bertz CT molecular complexity index is 1170. The van der Waals surface area contributed by atoms with Crippen LogP contribution in [0.4, 0.5) is 18.9 Å². The molecule has 1 aliphatic heterocycles. The van der Waals surface area contributed by atoms with E-state index in [-0.39, 0.29) is 36.2 Å². The first kappa shape index (κ1) is 29.7. The SMILES string of the molecule is CC(C)CN(O)C(=O)[C@H](CN(c1ccc(Oc2ccc(C(F)(F)F)cc2)cc1)S(C)(=O)=O)N1CCOCC1. The number of sulfonamides is 1. The molecule has 0 aliphatic carbocycles. The number of carbonyl (C=O) groups excluding carboxylic acids is 1. The van der Waals surface area contributed by atoms with Gasteiger partial charge in [0.1, 0.15) is 17.5 Å². The molecule has 1 saturated heterocycles. The Morgan fingerprint density at radius 3 is 2.03 bits per heavy atom. The summed E-state index contributed by atoms with van der Waals surface area (Å²) >= 11 is 0. The second-order valence-electron chi connectivity index (χ2n) is 9.39. The van der Waals surface area contributed by atoms with E-state index in [1.807, 2.05) is 13.8 Å². The molecule has 38 heavy (non-hydrogen) atoms. The van der Waals surface area contributed by atoms with Gasteiger partial charge in [-0.05, 0) is 54.4 Å². The van der Waals surface area contributed by atoms with Gasteiger partial charge in [-0.25, -0.2) is 13.5 Å². The third-order valence-electron chi connectivity index (χ3n) is 5.85. The predicted octanol–water partition coefficient (Wildman–Crippen LogP) is 3.84. The summed E-state index contributed by atoms with van der Waals surface area (Å²) < 4.78 is 75.9. The van der Waals surface area contributed by atoms with Crippen molar-refractivity contribution in [3.05, 3.63) is 54.1 Å². The fraction of sp³-hybridized carbons (Fsp3) is 0.480. The van der Waals surface area contributed by atoms with Crippen molar-refractivity contribution in [1.29, 1.82) is 0 Å². The van der Waals surface area contributed by atoms with Crippen LogP contribution in [0.25, 0.3) is 0 Å². The quantitative estimate of drug-likeness (QED) is 0.349. The van der Waals surface area contributed by atoms with Crippen molar-refractivity contribution in [2.75, 3.05) is 50.0 Å². The summed E-state index contributed by atoms with van der Waals surface area (Å²) in [6.45, 7) is 5.06. The molecule has 1 N–H and O–H groups in total. The molecule has 0 unspecified atom stereocenters. The molecule has 2 aromatic rings. The second-order valence-corrected chi connectivity index (χ2v) is 11.3. The first-order chi connectivity index (χ1) is 17.8. The fourth-order valence-corrected chi connectivity index (χ4v) is 4.88. The highest BCUT2D eigenvalue weighted by Crippen LogP contribution is 2.32. The Morgan fingerprint density at radius 2 is 1.55 bits per heavy atom. The van der Waals surface area contributed by atoms with Gasteiger partial charge in [-0.2, -0.15) is 13.2 Å². The molecule has 0 bridgehead atoms. The highest BCUT2D eigenvalue weighted by Gasteiger charge is 2.35. The van der Waals surface area contributed by atoms with Crippen LogP contribution in [0.3, 0.4) is 0 Å². The molecule has 1 aliphatic rings. The lowest BCUT2D eigenvalue weighted by Gasteiger charge is -2.37. The van der Waals surface area contributed by atoms with Crippen molar-refractivity contribution in [3.63, 3.8) is 0 Å². The number of halogens is 3. The van der Waals surface area contributed by atoms with Crippen molar-refractivity contribution >= 4 is 21.6 Å². The van der Waals surface area contributed by atoms with Crippen LogP contribution in [0.1, 0.15) is 19.4 Å². The number of hydroxylamine groups is 2. The van der Waals surface area contributed by atoms with Crippen LogP contribution >= 0.6 is 0 Å². The molecule has 1 fully saturated rings. The lowest BCUT2D eigenvalue weighted by atomic mass is 10.1. The third kappa shape index (κ3) is 8.06. The van der Waals surface area contributed by atoms with Crippen LogP contribution in [-0.4, -0.2) is 81.2 Å². The Balaban J connectivity index is 1.82. The topological polar surface area (TPSA) is 99.6 Å². The van der Waals surface area contributed by atoms with Gasteiger partial charge in [-0.1, -0.05) is 13.8 Å². The number of hydrogen-bond donors (Lipinski definition) is 1. The Morgan fingerprint density at radius 1 is 1.03 bits per heavy atom. The van der Waals surface area contributed by atoms with Gasteiger partial charge < -0.3 is 9.47 Å². The van der Waals surface area contributed by atoms with Crippen molar-refractivity contribution in [3.8, 4) is 11.5 Å². The Kier molecular flexibility index (Phi) is 9.63. The van der Waals surface area contributed by atoms with Crippen LogP contribution in [0.5, 0.6) is 11.5 Å². The minimum absolute atomic E-state index is 0.00231. The summed E-state index contributed by atoms with van der Waals surface area (Å²) in [5, 5.41) is 11.0. The molecule has 2 aromatic carbocycles. The van der Waals surface area contributed by atoms with Gasteiger partial charge in [0.25, 0.3) is 5.91 Å². The minimum atomic E-state index is -4.46. The largest absolute Gasteiger partial charge is 0.457 e. The first-order valence-electron chi connectivity index (χ1n) is 12.0. The summed E-state index contributed by atoms with van der Waals surface area (Å²) in [4.78, 5) is 15.0. The zero-order valence-corrected chi connectivity index (χ0v) is 22.2. The van der Waals surface area contributed by atoms with E-state index in [0.29, 0.717) is 31.4 Å².